The van der Waals surface area contributed by atoms with E-state index in [4.69, 9.17) is 47.4 Å². The fourth-order valence-corrected chi connectivity index (χ4v) is 2.13. The van der Waals surface area contributed by atoms with Crippen LogP contribution >= 0.6 is 0 Å². The molecule has 0 spiro atoms. The Hall–Kier alpha value is -1.38. The molecule has 0 bridgehead atoms. The Bertz CT molecular complexity index is 410. The van der Waals surface area contributed by atoms with Gasteiger partial charge in [0.25, 0.3) is 0 Å². The molecule has 0 fully saturated rings. The van der Waals surface area contributed by atoms with E-state index < -0.39 is 0 Å². The van der Waals surface area contributed by atoms with E-state index >= 15 is 0 Å². The lowest BCUT2D eigenvalue weighted by atomic mass is 10.6. The molecule has 202 valence electrons. The molecule has 0 aromatic rings. The van der Waals surface area contributed by atoms with Gasteiger partial charge in [0.05, 0.1) is 106 Å². The molecule has 0 atom stereocenters. The molecular weight excluding hydrogens is 456 g/mol. The van der Waals surface area contributed by atoms with Gasteiger partial charge in [-0.3, -0.25) is 9.59 Å². The zero-order valence-corrected chi connectivity index (χ0v) is 20.6. The van der Waals surface area contributed by atoms with E-state index in [1.165, 1.54) is 13.8 Å². The quantitative estimate of drug-likeness (QED) is 0.114. The minimum atomic E-state index is -0.313. The molecule has 0 radical (unpaired) electrons. The van der Waals surface area contributed by atoms with Crippen molar-refractivity contribution in [2.75, 3.05) is 119 Å². The number of esters is 2. The van der Waals surface area contributed by atoms with Gasteiger partial charge in [-0.15, -0.1) is 0 Å². The van der Waals surface area contributed by atoms with Crippen LogP contribution in [0.4, 0.5) is 0 Å². The highest BCUT2D eigenvalue weighted by Crippen LogP contribution is 1.86. The van der Waals surface area contributed by atoms with Gasteiger partial charge in [-0.05, 0) is 0 Å². The van der Waals surface area contributed by atoms with E-state index in [1.807, 2.05) is 0 Å². The van der Waals surface area contributed by atoms with Crippen LogP contribution in [0.1, 0.15) is 13.8 Å². The second-order valence-electron chi connectivity index (χ2n) is 6.58. The van der Waals surface area contributed by atoms with Crippen LogP contribution in [0.5, 0.6) is 0 Å². The Morgan fingerprint density at radius 3 is 0.618 bits per heavy atom. The van der Waals surface area contributed by atoms with Crippen LogP contribution < -0.4 is 0 Å². The third-order valence-corrected chi connectivity index (χ3v) is 3.67. The first-order chi connectivity index (χ1) is 16.6. The van der Waals surface area contributed by atoms with Crippen LogP contribution in [0.25, 0.3) is 0 Å². The molecule has 0 aliphatic heterocycles. The number of hydrogen-bond acceptors (Lipinski definition) is 12. The van der Waals surface area contributed by atoms with Gasteiger partial charge in [-0.1, -0.05) is 0 Å². The molecule has 0 saturated carbocycles. The minimum absolute atomic E-state index is 0.257. The summed E-state index contributed by atoms with van der Waals surface area (Å²) in [4.78, 5) is 21.1. The summed E-state index contributed by atoms with van der Waals surface area (Å²) < 4.78 is 52.2. The summed E-state index contributed by atoms with van der Waals surface area (Å²) in [6, 6.07) is 0. The van der Waals surface area contributed by atoms with Crippen LogP contribution in [0.3, 0.4) is 0 Å². The number of ether oxygens (including phenoxy) is 10. The number of hydrogen-bond donors (Lipinski definition) is 0. The Morgan fingerprint density at radius 1 is 0.324 bits per heavy atom. The van der Waals surface area contributed by atoms with Crippen molar-refractivity contribution in [3.05, 3.63) is 0 Å². The monoisotopic (exact) mass is 498 g/mol. The van der Waals surface area contributed by atoms with Crippen molar-refractivity contribution in [3.8, 4) is 0 Å². The Labute approximate surface area is 202 Å². The fourth-order valence-electron chi connectivity index (χ4n) is 2.13. The highest BCUT2D eigenvalue weighted by atomic mass is 16.6. The molecule has 34 heavy (non-hydrogen) atoms. The zero-order valence-electron chi connectivity index (χ0n) is 20.6. The van der Waals surface area contributed by atoms with Crippen molar-refractivity contribution < 1.29 is 57.0 Å². The molecule has 0 amide bonds. The van der Waals surface area contributed by atoms with Crippen molar-refractivity contribution >= 4 is 11.9 Å². The minimum Gasteiger partial charge on any atom is -0.463 e. The predicted molar refractivity (Wildman–Crippen MR) is 120 cm³/mol. The molecule has 0 aromatic heterocycles. The maximum absolute atomic E-state index is 10.5. The Morgan fingerprint density at radius 2 is 0.471 bits per heavy atom. The molecular formula is C22H42O12. The molecule has 0 heterocycles. The van der Waals surface area contributed by atoms with E-state index in [-0.39, 0.29) is 25.2 Å². The van der Waals surface area contributed by atoms with Gasteiger partial charge < -0.3 is 47.4 Å². The van der Waals surface area contributed by atoms with Crippen molar-refractivity contribution in [2.45, 2.75) is 13.8 Å². The van der Waals surface area contributed by atoms with Crippen LogP contribution in [-0.2, 0) is 57.0 Å². The van der Waals surface area contributed by atoms with Gasteiger partial charge in [0.15, 0.2) is 0 Å². The first-order valence-corrected chi connectivity index (χ1v) is 11.5. The van der Waals surface area contributed by atoms with E-state index in [9.17, 15) is 9.59 Å². The SMILES string of the molecule is CC(=O)OCCOCCOCCOCCOCCOCCOCCOCCOCCOC(C)=O. The van der Waals surface area contributed by atoms with Crippen molar-refractivity contribution in [1.29, 1.82) is 0 Å². The topological polar surface area (TPSA) is 126 Å². The molecule has 0 saturated heterocycles. The predicted octanol–water partition coefficient (Wildman–Crippen LogP) is 0.245. The van der Waals surface area contributed by atoms with Crippen molar-refractivity contribution in [1.82, 2.24) is 0 Å². The maximum atomic E-state index is 10.5. The maximum Gasteiger partial charge on any atom is 0.302 e. The third kappa shape index (κ3) is 30.6. The van der Waals surface area contributed by atoms with E-state index in [1.54, 1.807) is 0 Å². The van der Waals surface area contributed by atoms with Gasteiger partial charge in [-0.2, -0.15) is 0 Å². The largest absolute Gasteiger partial charge is 0.463 e. The fraction of sp³-hybridized carbons (Fsp3) is 0.909. The molecule has 12 heteroatoms. The van der Waals surface area contributed by atoms with E-state index in [0.717, 1.165) is 0 Å². The van der Waals surface area contributed by atoms with Crippen LogP contribution in [0.2, 0.25) is 0 Å². The molecule has 0 rings (SSSR count). The van der Waals surface area contributed by atoms with Gasteiger partial charge in [0.1, 0.15) is 13.2 Å². The summed E-state index contributed by atoms with van der Waals surface area (Å²) in [5, 5.41) is 0. The standard InChI is InChI=1S/C22H42O12/c1-21(23)33-19-17-31-15-13-29-11-9-27-7-5-25-3-4-26-6-8-28-10-12-30-14-16-32-18-20-34-22(2)24/h3-20H2,1-2H3. The molecule has 0 aliphatic rings. The smallest absolute Gasteiger partial charge is 0.302 e. The summed E-state index contributed by atoms with van der Waals surface area (Å²) in [6.45, 7) is 10.6. The van der Waals surface area contributed by atoms with Crippen molar-refractivity contribution in [2.24, 2.45) is 0 Å². The third-order valence-electron chi connectivity index (χ3n) is 3.67. The van der Waals surface area contributed by atoms with Crippen molar-refractivity contribution in [3.63, 3.8) is 0 Å². The zero-order chi connectivity index (χ0) is 25.0. The van der Waals surface area contributed by atoms with Crippen LogP contribution in [0.15, 0.2) is 0 Å². The molecule has 0 N–H and O–H groups in total. The van der Waals surface area contributed by atoms with E-state index in [0.29, 0.717) is 106 Å². The van der Waals surface area contributed by atoms with E-state index in [2.05, 4.69) is 0 Å². The molecule has 12 nitrogen and oxygen atoms in total. The first-order valence-electron chi connectivity index (χ1n) is 11.5. The highest BCUT2D eigenvalue weighted by Gasteiger charge is 1.96. The first kappa shape index (κ1) is 32.6. The highest BCUT2D eigenvalue weighted by molar-refractivity contribution is 5.66. The second-order valence-corrected chi connectivity index (χ2v) is 6.58. The summed E-state index contributed by atoms with van der Waals surface area (Å²) in [5.41, 5.74) is 0. The summed E-state index contributed by atoms with van der Waals surface area (Å²) in [6.07, 6.45) is 0. The summed E-state index contributed by atoms with van der Waals surface area (Å²) >= 11 is 0. The molecule has 0 aromatic carbocycles. The lowest BCUT2D eigenvalue weighted by Crippen LogP contribution is -2.15. The van der Waals surface area contributed by atoms with Gasteiger partial charge >= 0.3 is 11.9 Å². The number of carbonyl (C=O) groups excluding carboxylic acids is 2. The van der Waals surface area contributed by atoms with Gasteiger partial charge in [-0.25, -0.2) is 0 Å². The number of carbonyl (C=O) groups is 2. The van der Waals surface area contributed by atoms with Gasteiger partial charge in [0.2, 0.25) is 0 Å². The Kier molecular flexibility index (Phi) is 26.7. The lowest BCUT2D eigenvalue weighted by Gasteiger charge is -2.08. The second kappa shape index (κ2) is 27.9. The molecule has 0 aliphatic carbocycles. The van der Waals surface area contributed by atoms with Crippen LogP contribution in [0, 0.1) is 0 Å². The summed E-state index contributed by atoms with van der Waals surface area (Å²) in [7, 11) is 0. The Balaban J connectivity index is 3.03. The average Bonchev–Trinajstić information content (AvgIpc) is 2.80. The average molecular weight is 499 g/mol. The van der Waals surface area contributed by atoms with Crippen LogP contribution in [-0.4, -0.2) is 131 Å². The lowest BCUT2D eigenvalue weighted by molar-refractivity contribution is -0.143. The molecule has 0 unspecified atom stereocenters. The summed E-state index contributed by atoms with van der Waals surface area (Å²) in [5.74, 6) is -0.626. The van der Waals surface area contributed by atoms with Gasteiger partial charge in [0, 0.05) is 13.8 Å². The normalized spacial score (nSPS) is 11.0. The number of rotatable bonds is 27.